The van der Waals surface area contributed by atoms with E-state index in [2.05, 4.69) is 26.7 Å². The zero-order valence-corrected chi connectivity index (χ0v) is 36.1. The molecule has 0 bridgehead atoms. The summed E-state index contributed by atoms with van der Waals surface area (Å²) < 4.78 is 41.6. The van der Waals surface area contributed by atoms with Crippen LogP contribution in [0.4, 0.5) is 0 Å². The predicted octanol–water partition coefficient (Wildman–Crippen LogP) is 8.71. The molecule has 63 heavy (non-hydrogen) atoms. The molecule has 0 spiro atoms. The first-order valence-electron chi connectivity index (χ1n) is 20.3. The quantitative estimate of drug-likeness (QED) is 0.0442. The SMILES string of the molecule is COc1ccccc1OCC(COc1c(Cl)c(Cl)cc(OC)c1OCCNCC(O)COc1cccc2[nH]c3ccccc3c12)NC(=O)COc1ccc2c(c1)[nH]c1ccccc12. The molecule has 2 aromatic heterocycles. The Morgan fingerprint density at radius 2 is 1.29 bits per heavy atom. The maximum Gasteiger partial charge on any atom is 0.258 e. The summed E-state index contributed by atoms with van der Waals surface area (Å²) in [4.78, 5) is 20.2. The number of halogens is 2. The second-order valence-corrected chi connectivity index (χ2v) is 15.4. The molecule has 0 radical (unpaired) electrons. The van der Waals surface area contributed by atoms with Crippen LogP contribution >= 0.6 is 23.2 Å². The lowest BCUT2D eigenvalue weighted by Crippen LogP contribution is -2.45. The van der Waals surface area contributed by atoms with E-state index < -0.39 is 18.1 Å². The summed E-state index contributed by atoms with van der Waals surface area (Å²) in [7, 11) is 3.02. The Balaban J connectivity index is 0.889. The summed E-state index contributed by atoms with van der Waals surface area (Å²) in [5, 5.41) is 21.4. The van der Waals surface area contributed by atoms with E-state index in [1.165, 1.54) is 13.2 Å². The first-order chi connectivity index (χ1) is 30.8. The van der Waals surface area contributed by atoms with Crippen molar-refractivity contribution in [2.45, 2.75) is 12.1 Å². The highest BCUT2D eigenvalue weighted by Crippen LogP contribution is 2.47. The van der Waals surface area contributed by atoms with Crippen LogP contribution in [-0.2, 0) is 4.79 Å². The number of aromatic nitrogens is 2. The van der Waals surface area contributed by atoms with Crippen LogP contribution in [0.1, 0.15) is 0 Å². The molecule has 0 aliphatic rings. The number of carbonyl (C=O) groups excluding carboxylic acids is 1. The summed E-state index contributed by atoms with van der Waals surface area (Å²) in [5.41, 5.74) is 3.88. The predicted molar refractivity (Wildman–Crippen MR) is 246 cm³/mol. The number of hydrogen-bond acceptors (Lipinski definition) is 10. The number of ether oxygens (including phenoxy) is 7. The number of methoxy groups -OCH3 is 2. The van der Waals surface area contributed by atoms with Gasteiger partial charge in [-0.15, -0.1) is 0 Å². The lowest BCUT2D eigenvalue weighted by atomic mass is 10.1. The summed E-state index contributed by atoms with van der Waals surface area (Å²) in [6, 6.07) is 35.5. The minimum atomic E-state index is -0.803. The maximum absolute atomic E-state index is 13.4. The molecule has 8 aromatic rings. The second kappa shape index (κ2) is 20.1. The van der Waals surface area contributed by atoms with Crippen molar-refractivity contribution in [3.05, 3.63) is 125 Å². The van der Waals surface area contributed by atoms with Crippen molar-refractivity contribution in [2.24, 2.45) is 0 Å². The Hall–Kier alpha value is -6.51. The number of para-hydroxylation sites is 4. The molecule has 326 valence electrons. The van der Waals surface area contributed by atoms with Gasteiger partial charge >= 0.3 is 0 Å². The van der Waals surface area contributed by atoms with E-state index in [1.54, 1.807) is 19.2 Å². The van der Waals surface area contributed by atoms with Gasteiger partial charge in [-0.1, -0.05) is 77.8 Å². The first-order valence-corrected chi connectivity index (χ1v) is 21.1. The average molecular weight is 894 g/mol. The van der Waals surface area contributed by atoms with Crippen molar-refractivity contribution in [2.75, 3.05) is 60.3 Å². The van der Waals surface area contributed by atoms with Crippen molar-refractivity contribution in [1.82, 2.24) is 20.6 Å². The highest BCUT2D eigenvalue weighted by Gasteiger charge is 2.24. The van der Waals surface area contributed by atoms with Crippen LogP contribution in [0.5, 0.6) is 40.2 Å². The molecule has 0 aliphatic heterocycles. The molecular weight excluding hydrogens is 847 g/mol. The number of hydrogen-bond donors (Lipinski definition) is 5. The topological polar surface area (TPSA) is 158 Å². The van der Waals surface area contributed by atoms with Crippen LogP contribution < -0.4 is 43.8 Å². The van der Waals surface area contributed by atoms with Crippen LogP contribution in [0.3, 0.4) is 0 Å². The van der Waals surface area contributed by atoms with Gasteiger partial charge in [-0.25, -0.2) is 0 Å². The van der Waals surface area contributed by atoms with Crippen molar-refractivity contribution >= 4 is 72.7 Å². The Labute approximate surface area is 373 Å². The average Bonchev–Trinajstić information content (AvgIpc) is 3.88. The Kier molecular flexibility index (Phi) is 13.8. The number of nitrogens with one attached hydrogen (secondary N) is 4. The molecule has 5 N–H and O–H groups in total. The molecule has 2 unspecified atom stereocenters. The van der Waals surface area contributed by atoms with Crippen molar-refractivity contribution in [1.29, 1.82) is 0 Å². The molecule has 0 saturated carbocycles. The normalized spacial score (nSPS) is 12.3. The molecule has 6 aromatic carbocycles. The number of carbonyl (C=O) groups is 1. The highest BCUT2D eigenvalue weighted by molar-refractivity contribution is 6.43. The molecule has 1 amide bonds. The van der Waals surface area contributed by atoms with Crippen LogP contribution in [0, 0.1) is 0 Å². The van der Waals surface area contributed by atoms with E-state index in [9.17, 15) is 9.90 Å². The van der Waals surface area contributed by atoms with E-state index in [-0.39, 0.29) is 66.9 Å². The van der Waals surface area contributed by atoms with Crippen LogP contribution in [0.15, 0.2) is 115 Å². The number of rotatable bonds is 21. The van der Waals surface area contributed by atoms with Gasteiger partial charge in [0.15, 0.2) is 29.6 Å². The fourth-order valence-corrected chi connectivity index (χ4v) is 7.67. The molecule has 0 aliphatic carbocycles. The first kappa shape index (κ1) is 43.2. The van der Waals surface area contributed by atoms with Gasteiger partial charge in [0, 0.05) is 57.8 Å². The van der Waals surface area contributed by atoms with Crippen LogP contribution in [0.25, 0.3) is 43.6 Å². The summed E-state index contributed by atoms with van der Waals surface area (Å²) in [6.07, 6.45) is -0.803. The van der Waals surface area contributed by atoms with Gasteiger partial charge in [-0.2, -0.15) is 0 Å². The number of H-pyrrole nitrogens is 2. The number of benzene rings is 6. The van der Waals surface area contributed by atoms with Crippen molar-refractivity contribution in [3.63, 3.8) is 0 Å². The Bertz CT molecular complexity index is 2850. The molecule has 2 heterocycles. The fourth-order valence-electron chi connectivity index (χ4n) is 7.29. The summed E-state index contributed by atoms with van der Waals surface area (Å²) in [5.74, 6) is 2.40. The third-order valence-corrected chi connectivity index (χ3v) is 11.1. The van der Waals surface area contributed by atoms with Crippen LogP contribution in [0.2, 0.25) is 10.0 Å². The van der Waals surface area contributed by atoms with Crippen molar-refractivity contribution in [3.8, 4) is 40.2 Å². The molecule has 0 fully saturated rings. The minimum absolute atomic E-state index is 0.00840. The number of aromatic amines is 2. The molecule has 13 nitrogen and oxygen atoms in total. The number of aliphatic hydroxyl groups is 1. The van der Waals surface area contributed by atoms with E-state index in [0.29, 0.717) is 29.5 Å². The number of aliphatic hydroxyl groups excluding tert-OH is 1. The van der Waals surface area contributed by atoms with E-state index in [1.807, 2.05) is 91.0 Å². The van der Waals surface area contributed by atoms with Gasteiger partial charge in [0.2, 0.25) is 5.75 Å². The zero-order valence-electron chi connectivity index (χ0n) is 34.5. The molecule has 8 rings (SSSR count). The van der Waals surface area contributed by atoms with Gasteiger partial charge < -0.3 is 58.9 Å². The van der Waals surface area contributed by atoms with Gasteiger partial charge in [0.25, 0.3) is 5.91 Å². The maximum atomic E-state index is 13.4. The Morgan fingerprint density at radius 3 is 2.10 bits per heavy atom. The van der Waals surface area contributed by atoms with E-state index in [4.69, 9.17) is 56.4 Å². The van der Waals surface area contributed by atoms with Gasteiger partial charge in [-0.05, 0) is 48.5 Å². The number of fused-ring (bicyclic) bond motifs is 6. The fraction of sp³-hybridized carbons (Fsp3) is 0.229. The molecule has 15 heteroatoms. The highest BCUT2D eigenvalue weighted by atomic mass is 35.5. The smallest absolute Gasteiger partial charge is 0.258 e. The van der Waals surface area contributed by atoms with Gasteiger partial charge in [-0.3, -0.25) is 4.79 Å². The van der Waals surface area contributed by atoms with Crippen molar-refractivity contribution < 1.29 is 43.1 Å². The lowest BCUT2D eigenvalue weighted by molar-refractivity contribution is -0.124. The van der Waals surface area contributed by atoms with E-state index >= 15 is 0 Å². The van der Waals surface area contributed by atoms with E-state index in [0.717, 1.165) is 43.6 Å². The third kappa shape index (κ3) is 10.1. The van der Waals surface area contributed by atoms with Crippen LogP contribution in [-0.4, -0.2) is 93.5 Å². The largest absolute Gasteiger partial charge is 0.493 e. The summed E-state index contributed by atoms with van der Waals surface area (Å²) in [6.45, 7) is 0.414. The van der Waals surface area contributed by atoms with Gasteiger partial charge in [0.1, 0.15) is 49.1 Å². The Morgan fingerprint density at radius 1 is 0.635 bits per heavy atom. The monoisotopic (exact) mass is 892 g/mol. The minimum Gasteiger partial charge on any atom is -0.493 e. The molecule has 0 saturated heterocycles. The standard InChI is InChI=1S/C48H46Cl2N4O9/c1-57-40-15-7-8-16-41(40)61-25-29(52-44(56)28-60-31-18-19-33-32-10-3-5-12-36(32)54-39(33)22-31)26-63-48-46(50)35(49)23-43(58-2)47(48)59-21-20-51-24-30(55)27-62-42-17-9-14-38-45(42)34-11-4-6-13-37(34)53-38/h3-19,22-23,29-30,51,53-55H,20-21,24-28H2,1-2H3,(H,52,56). The number of amides is 1. The van der Waals surface area contributed by atoms with Gasteiger partial charge in [0.05, 0.1) is 36.3 Å². The lowest BCUT2D eigenvalue weighted by Gasteiger charge is -2.23. The summed E-state index contributed by atoms with van der Waals surface area (Å²) >= 11 is 13.2. The molecule has 2 atom stereocenters. The zero-order chi connectivity index (χ0) is 43.7. The third-order valence-electron chi connectivity index (χ3n) is 10.3. The second-order valence-electron chi connectivity index (χ2n) is 14.6. The molecular formula is C48H46Cl2N4O9.